The Morgan fingerprint density at radius 1 is 1.09 bits per heavy atom. The molecule has 0 aliphatic rings. The number of carbonyl (C=O) groups excluding carboxylic acids is 1. The third-order valence-corrected chi connectivity index (χ3v) is 8.53. The molecule has 0 spiro atoms. The Hall–Kier alpha value is -5.19. The predicted molar refractivity (Wildman–Crippen MR) is 180 cm³/mol. The molecule has 0 saturated carbocycles. The summed E-state index contributed by atoms with van der Waals surface area (Å²) in [5.41, 5.74) is 18.4. The monoisotopic (exact) mass is 603 g/mol. The van der Waals surface area contributed by atoms with Crippen LogP contribution >= 0.6 is 11.3 Å². The van der Waals surface area contributed by atoms with Gasteiger partial charge in [-0.3, -0.25) is 20.6 Å². The van der Waals surface area contributed by atoms with Gasteiger partial charge in [0, 0.05) is 76.8 Å². The molecule has 222 valence electrons. The molecular formula is C34H33N7O2S. The minimum atomic E-state index is -0.249. The SMILES string of the molecule is COc1cc(-c2csc3c(/C=C/CNCCc4ccccn4)cnc(N)c23)ccc1NNC(=O)c1cc2ccccc2n1C. The average molecular weight is 604 g/mol. The van der Waals surface area contributed by atoms with Crippen LogP contribution in [0.5, 0.6) is 5.75 Å². The summed E-state index contributed by atoms with van der Waals surface area (Å²) in [4.78, 5) is 21.9. The summed E-state index contributed by atoms with van der Waals surface area (Å²) < 4.78 is 8.63. The fraction of sp³-hybridized carbons (Fsp3) is 0.147. The Bertz CT molecular complexity index is 1960. The number of ether oxygens (including phenoxy) is 1. The first-order chi connectivity index (χ1) is 21.5. The second kappa shape index (κ2) is 13.0. The van der Waals surface area contributed by atoms with Gasteiger partial charge in [-0.25, -0.2) is 4.98 Å². The van der Waals surface area contributed by atoms with Gasteiger partial charge in [-0.15, -0.1) is 11.3 Å². The zero-order chi connectivity index (χ0) is 30.5. The van der Waals surface area contributed by atoms with E-state index in [0.29, 0.717) is 22.9 Å². The number of pyridine rings is 2. The number of amides is 1. The van der Waals surface area contributed by atoms with Crippen LogP contribution in [0.4, 0.5) is 11.5 Å². The molecule has 6 aromatic rings. The lowest BCUT2D eigenvalue weighted by Gasteiger charge is -2.14. The third kappa shape index (κ3) is 5.98. The van der Waals surface area contributed by atoms with E-state index in [2.05, 4.69) is 43.7 Å². The highest BCUT2D eigenvalue weighted by Gasteiger charge is 2.17. The highest BCUT2D eigenvalue weighted by atomic mass is 32.1. The van der Waals surface area contributed by atoms with Crippen molar-refractivity contribution in [3.63, 3.8) is 0 Å². The van der Waals surface area contributed by atoms with Crippen LogP contribution in [-0.2, 0) is 13.5 Å². The number of nitrogens with zero attached hydrogens (tertiary/aromatic N) is 3. The zero-order valence-electron chi connectivity index (χ0n) is 24.5. The van der Waals surface area contributed by atoms with Crippen LogP contribution in [0.15, 0.2) is 90.6 Å². The van der Waals surface area contributed by atoms with Gasteiger partial charge in [0.15, 0.2) is 0 Å². The topological polar surface area (TPSA) is 119 Å². The number of benzene rings is 2. The molecule has 0 fully saturated rings. The van der Waals surface area contributed by atoms with E-state index in [4.69, 9.17) is 10.5 Å². The number of nitrogens with two attached hydrogens (primary N) is 1. The van der Waals surface area contributed by atoms with E-state index in [9.17, 15) is 4.79 Å². The van der Waals surface area contributed by atoms with Crippen molar-refractivity contribution in [1.29, 1.82) is 0 Å². The van der Waals surface area contributed by atoms with Crippen LogP contribution < -0.4 is 26.6 Å². The van der Waals surface area contributed by atoms with Crippen LogP contribution in [0, 0.1) is 0 Å². The summed E-state index contributed by atoms with van der Waals surface area (Å²) in [5, 5.41) is 7.44. The molecule has 9 nitrogen and oxygen atoms in total. The molecular weight excluding hydrogens is 570 g/mol. The second-order valence-electron chi connectivity index (χ2n) is 10.3. The van der Waals surface area contributed by atoms with E-state index >= 15 is 0 Å². The number of hydrogen-bond acceptors (Lipinski definition) is 8. The zero-order valence-corrected chi connectivity index (χ0v) is 25.3. The Kier molecular flexibility index (Phi) is 8.53. The first-order valence-electron chi connectivity index (χ1n) is 14.3. The number of anilines is 2. The number of nitrogen functional groups attached to an aromatic ring is 1. The number of rotatable bonds is 11. The first-order valence-corrected chi connectivity index (χ1v) is 15.1. The molecule has 6 rings (SSSR count). The van der Waals surface area contributed by atoms with Crippen molar-refractivity contribution in [2.75, 3.05) is 31.4 Å². The smallest absolute Gasteiger partial charge is 0.286 e. The molecule has 0 unspecified atom stereocenters. The molecule has 0 saturated heterocycles. The molecule has 0 atom stereocenters. The third-order valence-electron chi connectivity index (χ3n) is 7.50. The highest BCUT2D eigenvalue weighted by molar-refractivity contribution is 7.18. The van der Waals surface area contributed by atoms with E-state index in [1.165, 1.54) is 0 Å². The Labute approximate surface area is 259 Å². The predicted octanol–water partition coefficient (Wildman–Crippen LogP) is 6.04. The lowest BCUT2D eigenvalue weighted by Crippen LogP contribution is -2.30. The lowest BCUT2D eigenvalue weighted by atomic mass is 10.0. The maximum atomic E-state index is 13.0. The lowest BCUT2D eigenvalue weighted by molar-refractivity contribution is 0.0955. The summed E-state index contributed by atoms with van der Waals surface area (Å²) in [6.45, 7) is 1.58. The Balaban J connectivity index is 1.15. The van der Waals surface area contributed by atoms with Gasteiger partial charge in [-0.05, 0) is 47.3 Å². The second-order valence-corrected chi connectivity index (χ2v) is 11.2. The van der Waals surface area contributed by atoms with E-state index in [-0.39, 0.29) is 5.91 Å². The number of methoxy groups -OCH3 is 1. The van der Waals surface area contributed by atoms with Crippen molar-refractivity contribution in [1.82, 2.24) is 25.3 Å². The van der Waals surface area contributed by atoms with Gasteiger partial charge in [-0.2, -0.15) is 0 Å². The van der Waals surface area contributed by atoms with Gasteiger partial charge < -0.3 is 20.4 Å². The molecule has 0 aliphatic heterocycles. The summed E-state index contributed by atoms with van der Waals surface area (Å²) in [7, 11) is 3.48. The van der Waals surface area contributed by atoms with Crippen molar-refractivity contribution in [2.24, 2.45) is 7.05 Å². The minimum Gasteiger partial charge on any atom is -0.494 e. The van der Waals surface area contributed by atoms with Crippen molar-refractivity contribution in [3.05, 3.63) is 108 Å². The number of para-hydroxylation sites is 1. The summed E-state index contributed by atoms with van der Waals surface area (Å²) in [6.07, 6.45) is 8.69. The highest BCUT2D eigenvalue weighted by Crippen LogP contribution is 2.41. The Morgan fingerprint density at radius 2 is 1.95 bits per heavy atom. The van der Waals surface area contributed by atoms with Gasteiger partial charge in [0.2, 0.25) is 0 Å². The molecule has 0 bridgehead atoms. The fourth-order valence-electron chi connectivity index (χ4n) is 5.21. The number of aromatic nitrogens is 3. The maximum Gasteiger partial charge on any atom is 0.286 e. The van der Waals surface area contributed by atoms with Crippen molar-refractivity contribution < 1.29 is 9.53 Å². The molecule has 2 aromatic carbocycles. The van der Waals surface area contributed by atoms with Gasteiger partial charge >= 0.3 is 0 Å². The van der Waals surface area contributed by atoms with Crippen LogP contribution in [0.2, 0.25) is 0 Å². The molecule has 4 aromatic heterocycles. The van der Waals surface area contributed by atoms with E-state index in [1.54, 1.807) is 18.4 Å². The normalized spacial score (nSPS) is 11.4. The van der Waals surface area contributed by atoms with E-state index in [1.807, 2.05) is 90.7 Å². The minimum absolute atomic E-state index is 0.249. The number of aryl methyl sites for hydroxylation is 1. The molecule has 5 N–H and O–H groups in total. The van der Waals surface area contributed by atoms with Crippen LogP contribution in [0.1, 0.15) is 21.7 Å². The first kappa shape index (κ1) is 28.9. The molecule has 4 heterocycles. The average Bonchev–Trinajstić information content (AvgIpc) is 3.66. The number of fused-ring (bicyclic) bond motifs is 2. The molecule has 44 heavy (non-hydrogen) atoms. The number of hydrogen-bond donors (Lipinski definition) is 4. The number of hydrazine groups is 1. The van der Waals surface area contributed by atoms with Gasteiger partial charge in [0.05, 0.1) is 12.8 Å². The van der Waals surface area contributed by atoms with Gasteiger partial charge in [-0.1, -0.05) is 42.5 Å². The molecule has 10 heteroatoms. The van der Waals surface area contributed by atoms with Crippen molar-refractivity contribution in [2.45, 2.75) is 6.42 Å². The van der Waals surface area contributed by atoms with Crippen LogP contribution in [0.25, 0.3) is 38.2 Å². The van der Waals surface area contributed by atoms with Gasteiger partial charge in [0.25, 0.3) is 5.91 Å². The summed E-state index contributed by atoms with van der Waals surface area (Å²) in [5.74, 6) is 0.810. The van der Waals surface area contributed by atoms with Gasteiger partial charge in [0.1, 0.15) is 17.3 Å². The molecule has 1 amide bonds. The quantitative estimate of drug-likeness (QED) is 0.105. The van der Waals surface area contributed by atoms with Crippen molar-refractivity contribution >= 4 is 55.8 Å². The molecule has 0 aliphatic carbocycles. The number of nitrogens with one attached hydrogen (secondary N) is 3. The maximum absolute atomic E-state index is 13.0. The van der Waals surface area contributed by atoms with Crippen molar-refractivity contribution in [3.8, 4) is 16.9 Å². The van der Waals surface area contributed by atoms with E-state index < -0.39 is 0 Å². The Morgan fingerprint density at radius 3 is 2.77 bits per heavy atom. The molecule has 0 radical (unpaired) electrons. The largest absolute Gasteiger partial charge is 0.494 e. The summed E-state index contributed by atoms with van der Waals surface area (Å²) >= 11 is 1.63. The standard InChI is InChI=1S/C34H33N7O2S/c1-41-28-11-4-3-8-23(28)18-29(41)34(42)40-39-27-13-12-22(19-30(27)43-2)26-21-44-32-24(20-38-33(35)31(26)32)9-7-15-36-17-14-25-10-5-6-16-37-25/h3-13,16,18-21,36,39H,14-15,17H2,1-2H3,(H2,35,38)(H,40,42)/b9-7+. The summed E-state index contributed by atoms with van der Waals surface area (Å²) in [6, 6.07) is 21.5. The van der Waals surface area contributed by atoms with Crippen LogP contribution in [0.3, 0.4) is 0 Å². The fourth-order valence-corrected chi connectivity index (χ4v) is 6.29. The van der Waals surface area contributed by atoms with Crippen LogP contribution in [-0.4, -0.2) is 40.6 Å². The number of thiophene rings is 1. The van der Waals surface area contributed by atoms with E-state index in [0.717, 1.165) is 62.9 Å². The number of carbonyl (C=O) groups is 1.